The maximum absolute atomic E-state index is 12.8. The second kappa shape index (κ2) is 8.87. The molecule has 0 amide bonds. The van der Waals surface area contributed by atoms with Gasteiger partial charge in [-0.2, -0.15) is 9.57 Å². The van der Waals surface area contributed by atoms with E-state index in [-0.39, 0.29) is 10.9 Å². The first-order chi connectivity index (χ1) is 13.0. The lowest BCUT2D eigenvalue weighted by atomic mass is 9.96. The van der Waals surface area contributed by atoms with Crippen LogP contribution in [-0.2, 0) is 15.8 Å². The van der Waals surface area contributed by atoms with Gasteiger partial charge in [0.1, 0.15) is 4.90 Å². The standard InChI is InChI=1S/C20H23N3O2S2/c1-23(18-9-3-2-4-10-18)27(24,25)19-11-12-20(22-14-19)26-15-17-8-6-5-7-16(17)13-21/h5-8,11-12,14,18H,2-4,9-10,15H2,1H3. The second-order valence-corrected chi connectivity index (χ2v) is 9.70. The van der Waals surface area contributed by atoms with Gasteiger partial charge in [0.15, 0.2) is 0 Å². The van der Waals surface area contributed by atoms with E-state index in [2.05, 4.69) is 11.1 Å². The van der Waals surface area contributed by atoms with Crippen molar-refractivity contribution in [3.8, 4) is 6.07 Å². The molecule has 0 unspecified atom stereocenters. The highest BCUT2D eigenvalue weighted by molar-refractivity contribution is 7.98. The van der Waals surface area contributed by atoms with E-state index in [1.54, 1.807) is 25.2 Å². The van der Waals surface area contributed by atoms with Crippen LogP contribution < -0.4 is 0 Å². The highest BCUT2D eigenvalue weighted by Gasteiger charge is 2.29. The molecule has 0 aliphatic heterocycles. The van der Waals surface area contributed by atoms with Crippen LogP contribution in [0.25, 0.3) is 0 Å². The fourth-order valence-electron chi connectivity index (χ4n) is 3.32. The van der Waals surface area contributed by atoms with E-state index in [9.17, 15) is 8.42 Å². The summed E-state index contributed by atoms with van der Waals surface area (Å²) in [5.41, 5.74) is 1.60. The van der Waals surface area contributed by atoms with Crippen LogP contribution in [0.5, 0.6) is 0 Å². The average Bonchev–Trinajstić information content (AvgIpc) is 2.72. The van der Waals surface area contributed by atoms with E-state index < -0.39 is 10.0 Å². The minimum atomic E-state index is -3.51. The molecule has 0 radical (unpaired) electrons. The van der Waals surface area contributed by atoms with Gasteiger partial charge in [0.2, 0.25) is 10.0 Å². The molecule has 2 aromatic rings. The highest BCUT2D eigenvalue weighted by Crippen LogP contribution is 2.28. The topological polar surface area (TPSA) is 74.1 Å². The van der Waals surface area contributed by atoms with Crippen molar-refractivity contribution in [2.45, 2.75) is 53.8 Å². The van der Waals surface area contributed by atoms with Crippen molar-refractivity contribution in [1.29, 1.82) is 5.26 Å². The molecule has 1 aromatic heterocycles. The van der Waals surface area contributed by atoms with Gasteiger partial charge in [-0.25, -0.2) is 13.4 Å². The van der Waals surface area contributed by atoms with Crippen molar-refractivity contribution >= 4 is 21.8 Å². The van der Waals surface area contributed by atoms with Crippen LogP contribution in [0.3, 0.4) is 0 Å². The van der Waals surface area contributed by atoms with E-state index in [0.29, 0.717) is 11.3 Å². The number of rotatable bonds is 6. The Balaban J connectivity index is 1.68. The first kappa shape index (κ1) is 19.9. The van der Waals surface area contributed by atoms with Crippen molar-refractivity contribution in [3.63, 3.8) is 0 Å². The number of thioether (sulfide) groups is 1. The van der Waals surface area contributed by atoms with Gasteiger partial charge in [-0.15, -0.1) is 11.8 Å². The third-order valence-electron chi connectivity index (χ3n) is 4.99. The van der Waals surface area contributed by atoms with Crippen LogP contribution in [0.2, 0.25) is 0 Å². The van der Waals surface area contributed by atoms with E-state index >= 15 is 0 Å². The molecule has 0 spiro atoms. The first-order valence-corrected chi connectivity index (χ1v) is 11.5. The predicted molar refractivity (Wildman–Crippen MR) is 107 cm³/mol. The normalized spacial score (nSPS) is 15.6. The molecule has 1 aromatic carbocycles. The Kier molecular flexibility index (Phi) is 6.53. The van der Waals surface area contributed by atoms with Crippen molar-refractivity contribution in [3.05, 3.63) is 53.7 Å². The van der Waals surface area contributed by atoms with Gasteiger partial charge in [-0.05, 0) is 36.6 Å². The van der Waals surface area contributed by atoms with Crippen LogP contribution in [0.4, 0.5) is 0 Å². The summed E-state index contributed by atoms with van der Waals surface area (Å²) in [5, 5.41) is 9.89. The summed E-state index contributed by atoms with van der Waals surface area (Å²) >= 11 is 1.49. The Morgan fingerprint density at radius 2 is 1.93 bits per heavy atom. The van der Waals surface area contributed by atoms with Gasteiger partial charge in [0, 0.05) is 25.0 Å². The average molecular weight is 402 g/mol. The Morgan fingerprint density at radius 1 is 1.19 bits per heavy atom. The van der Waals surface area contributed by atoms with Crippen molar-refractivity contribution in [2.24, 2.45) is 0 Å². The maximum atomic E-state index is 12.8. The Hall–Kier alpha value is -1.88. The number of nitrogens with zero attached hydrogens (tertiary/aromatic N) is 3. The van der Waals surface area contributed by atoms with Gasteiger partial charge in [-0.1, -0.05) is 37.5 Å². The number of aromatic nitrogens is 1. The molecule has 1 fully saturated rings. The second-order valence-electron chi connectivity index (χ2n) is 6.70. The summed E-state index contributed by atoms with van der Waals surface area (Å²) < 4.78 is 27.2. The SMILES string of the molecule is CN(C1CCCCC1)S(=O)(=O)c1ccc(SCc2ccccc2C#N)nc1. The van der Waals surface area contributed by atoms with Gasteiger partial charge in [0.05, 0.1) is 16.7 Å². The highest BCUT2D eigenvalue weighted by atomic mass is 32.2. The molecule has 1 aliphatic rings. The van der Waals surface area contributed by atoms with E-state index in [0.717, 1.165) is 36.3 Å². The van der Waals surface area contributed by atoms with Gasteiger partial charge in [-0.3, -0.25) is 0 Å². The number of hydrogen-bond acceptors (Lipinski definition) is 5. The van der Waals surface area contributed by atoms with Crippen LogP contribution in [0.1, 0.15) is 43.2 Å². The lowest BCUT2D eigenvalue weighted by Crippen LogP contribution is -2.38. The number of sulfonamides is 1. The van der Waals surface area contributed by atoms with Crippen LogP contribution in [0, 0.1) is 11.3 Å². The minimum Gasteiger partial charge on any atom is -0.249 e. The quantitative estimate of drug-likeness (QED) is 0.678. The Morgan fingerprint density at radius 3 is 2.59 bits per heavy atom. The first-order valence-electron chi connectivity index (χ1n) is 9.07. The van der Waals surface area contributed by atoms with Crippen LogP contribution in [-0.4, -0.2) is 30.8 Å². The number of pyridine rings is 1. The summed E-state index contributed by atoms with van der Waals surface area (Å²) in [5.74, 6) is 0.616. The number of nitriles is 1. The van der Waals surface area contributed by atoms with Gasteiger partial charge >= 0.3 is 0 Å². The summed E-state index contributed by atoms with van der Waals surface area (Å²) in [6, 6.07) is 13.1. The third-order valence-corrected chi connectivity index (χ3v) is 7.87. The molecule has 0 bridgehead atoms. The Labute approximate surface area is 165 Å². The summed E-state index contributed by atoms with van der Waals surface area (Å²) in [6.07, 6.45) is 6.65. The van der Waals surface area contributed by atoms with E-state index in [1.807, 2.05) is 18.2 Å². The molecule has 3 rings (SSSR count). The molecule has 7 heteroatoms. The molecule has 0 atom stereocenters. The van der Waals surface area contributed by atoms with Crippen LogP contribution in [0.15, 0.2) is 52.5 Å². The summed E-state index contributed by atoms with van der Waals surface area (Å²) in [4.78, 5) is 4.55. The molecule has 27 heavy (non-hydrogen) atoms. The Bertz CT molecular complexity index is 915. The summed E-state index contributed by atoms with van der Waals surface area (Å²) in [7, 11) is -1.84. The smallest absolute Gasteiger partial charge is 0.244 e. The predicted octanol–water partition coefficient (Wildman–Crippen LogP) is 4.20. The molecule has 142 valence electrons. The molecule has 1 heterocycles. The molecule has 0 saturated heterocycles. The lowest BCUT2D eigenvalue weighted by molar-refractivity contribution is 0.285. The third kappa shape index (κ3) is 4.70. The van der Waals surface area contributed by atoms with Crippen molar-refractivity contribution in [2.75, 3.05) is 7.05 Å². The zero-order chi connectivity index (χ0) is 19.3. The fourth-order valence-corrected chi connectivity index (χ4v) is 5.53. The van der Waals surface area contributed by atoms with Gasteiger partial charge in [0.25, 0.3) is 0 Å². The molecular weight excluding hydrogens is 378 g/mol. The minimum absolute atomic E-state index is 0.0836. The zero-order valence-electron chi connectivity index (χ0n) is 15.3. The molecule has 1 aliphatic carbocycles. The van der Waals surface area contributed by atoms with Crippen molar-refractivity contribution < 1.29 is 8.42 Å². The fraction of sp³-hybridized carbons (Fsp3) is 0.400. The number of benzene rings is 1. The molecule has 1 saturated carbocycles. The summed E-state index contributed by atoms with van der Waals surface area (Å²) in [6.45, 7) is 0. The monoisotopic (exact) mass is 401 g/mol. The molecule has 0 N–H and O–H groups in total. The van der Waals surface area contributed by atoms with E-state index in [1.165, 1.54) is 28.7 Å². The molecule has 5 nitrogen and oxygen atoms in total. The zero-order valence-corrected chi connectivity index (χ0v) is 17.0. The largest absolute Gasteiger partial charge is 0.249 e. The molecular formula is C20H23N3O2S2. The van der Waals surface area contributed by atoms with E-state index in [4.69, 9.17) is 5.26 Å². The lowest BCUT2D eigenvalue weighted by Gasteiger charge is -2.30. The number of hydrogen-bond donors (Lipinski definition) is 0. The van der Waals surface area contributed by atoms with Gasteiger partial charge < -0.3 is 0 Å². The van der Waals surface area contributed by atoms with Crippen LogP contribution >= 0.6 is 11.8 Å². The maximum Gasteiger partial charge on any atom is 0.244 e. The van der Waals surface area contributed by atoms with Crippen molar-refractivity contribution in [1.82, 2.24) is 9.29 Å².